The molecule has 7 rings (SSSR count). The van der Waals surface area contributed by atoms with Gasteiger partial charge in [0.15, 0.2) is 0 Å². The molecule has 14 heteroatoms. The molecule has 0 fully saturated rings. The van der Waals surface area contributed by atoms with Crippen LogP contribution in [0.25, 0.3) is 0 Å². The van der Waals surface area contributed by atoms with E-state index in [-0.39, 0.29) is 32.0 Å². The molecule has 12 nitrogen and oxygen atoms in total. The van der Waals surface area contributed by atoms with E-state index in [9.17, 15) is 37.3 Å². The Kier molecular flexibility index (Phi) is 5.44. The van der Waals surface area contributed by atoms with E-state index in [1.165, 1.54) is 24.3 Å². The van der Waals surface area contributed by atoms with Crippen LogP contribution in [-0.2, 0) is 20.2 Å². The summed E-state index contributed by atoms with van der Waals surface area (Å²) in [6.07, 6.45) is 3.09. The van der Waals surface area contributed by atoms with Crippen molar-refractivity contribution >= 4 is 20.2 Å². The topological polar surface area (TPSA) is 178 Å². The Hall–Kier alpha value is -4.56. The molecular weight excluding hydrogens is 564 g/mol. The lowest BCUT2D eigenvalue weighted by Gasteiger charge is -2.30. The highest BCUT2D eigenvalue weighted by Crippen LogP contribution is 2.60. The molecule has 0 saturated carbocycles. The summed E-state index contributed by atoms with van der Waals surface area (Å²) in [6.45, 7) is 3.54. The average molecular weight is 587 g/mol. The van der Waals surface area contributed by atoms with Crippen molar-refractivity contribution in [3.63, 3.8) is 0 Å². The highest BCUT2D eigenvalue weighted by molar-refractivity contribution is 7.87. The SMILES string of the molecule is Cc1ccc(S(=O)(=O)On2c(O)c3c(c2O)C2C=CC3c3c2c(O)n(OS(=O)(=O)c2ccc(C)cc2)c3O)cc1. The van der Waals surface area contributed by atoms with Crippen molar-refractivity contribution in [3.8, 4) is 23.5 Å². The van der Waals surface area contributed by atoms with Crippen LogP contribution >= 0.6 is 0 Å². The van der Waals surface area contributed by atoms with Crippen LogP contribution in [0.2, 0.25) is 0 Å². The van der Waals surface area contributed by atoms with Gasteiger partial charge in [0.1, 0.15) is 9.79 Å². The first-order valence-corrected chi connectivity index (χ1v) is 14.7. The second-order valence-corrected chi connectivity index (χ2v) is 12.6. The zero-order chi connectivity index (χ0) is 28.7. The number of aromatic hydroxyl groups is 4. The largest absolute Gasteiger partial charge is 0.492 e. The molecule has 2 bridgehead atoms. The zero-order valence-electron chi connectivity index (χ0n) is 20.9. The average Bonchev–Trinajstić information content (AvgIpc) is 3.32. The first kappa shape index (κ1) is 25.7. The van der Waals surface area contributed by atoms with Gasteiger partial charge in [0.25, 0.3) is 0 Å². The molecule has 0 aliphatic heterocycles. The van der Waals surface area contributed by atoms with Gasteiger partial charge in [0.05, 0.1) is 0 Å². The van der Waals surface area contributed by atoms with Crippen molar-refractivity contribution in [3.05, 3.63) is 94.1 Å². The molecule has 2 aromatic heterocycles. The number of benzene rings is 2. The summed E-state index contributed by atoms with van der Waals surface area (Å²) in [4.78, 5) is -0.436. The molecule has 4 N–H and O–H groups in total. The van der Waals surface area contributed by atoms with Gasteiger partial charge >= 0.3 is 20.2 Å². The van der Waals surface area contributed by atoms with E-state index in [1.54, 1.807) is 50.3 Å². The normalized spacial score (nSPS) is 17.4. The molecule has 0 amide bonds. The van der Waals surface area contributed by atoms with Crippen molar-refractivity contribution in [1.82, 2.24) is 9.46 Å². The Bertz CT molecular complexity index is 1740. The lowest BCUT2D eigenvalue weighted by molar-refractivity contribution is 0.199. The molecule has 0 radical (unpaired) electrons. The van der Waals surface area contributed by atoms with Crippen molar-refractivity contribution in [1.29, 1.82) is 0 Å². The predicted octanol–water partition coefficient (Wildman–Crippen LogP) is 2.51. The summed E-state index contributed by atoms with van der Waals surface area (Å²) in [5.41, 5.74) is 1.63. The van der Waals surface area contributed by atoms with Gasteiger partial charge in [-0.15, -0.1) is 0 Å². The Morgan fingerprint density at radius 2 is 0.825 bits per heavy atom. The molecule has 0 saturated heterocycles. The fourth-order valence-corrected chi connectivity index (χ4v) is 6.86. The molecule has 3 aliphatic rings. The molecule has 40 heavy (non-hydrogen) atoms. The molecule has 3 aliphatic carbocycles. The van der Waals surface area contributed by atoms with Crippen molar-refractivity contribution in [2.24, 2.45) is 0 Å². The maximum absolute atomic E-state index is 12.9. The van der Waals surface area contributed by atoms with Crippen LogP contribution in [0.1, 0.15) is 45.2 Å². The summed E-state index contributed by atoms with van der Waals surface area (Å²) < 4.78 is 62.3. The van der Waals surface area contributed by atoms with Crippen LogP contribution in [0.5, 0.6) is 23.5 Å². The number of nitrogens with zero attached hydrogens (tertiary/aromatic N) is 2. The van der Waals surface area contributed by atoms with Crippen LogP contribution in [0.3, 0.4) is 0 Å². The molecule has 4 aromatic rings. The standard InChI is InChI=1S/C26H22N2O10S2/c1-13-3-7-15(8-4-13)39(33,34)37-27-23(29)19-17-11-12-18(20(19)24(27)30)22-21(17)25(31)28(26(22)32)38-40(35,36)16-9-5-14(2)6-10-16/h3-12,17-18,29-32H,1-2H3. The van der Waals surface area contributed by atoms with E-state index < -0.39 is 55.6 Å². The van der Waals surface area contributed by atoms with Gasteiger partial charge in [-0.05, 0) is 38.1 Å². The van der Waals surface area contributed by atoms with Crippen LogP contribution in [0.15, 0.2) is 70.5 Å². The van der Waals surface area contributed by atoms with Crippen LogP contribution < -0.4 is 8.57 Å². The van der Waals surface area contributed by atoms with Gasteiger partial charge in [-0.2, -0.15) is 16.8 Å². The number of rotatable bonds is 6. The van der Waals surface area contributed by atoms with E-state index in [2.05, 4.69) is 0 Å². The molecule has 208 valence electrons. The first-order valence-electron chi connectivity index (χ1n) is 11.9. The lowest BCUT2D eigenvalue weighted by atomic mass is 9.70. The van der Waals surface area contributed by atoms with Gasteiger partial charge in [-0.25, -0.2) is 0 Å². The van der Waals surface area contributed by atoms with Crippen LogP contribution in [0.4, 0.5) is 0 Å². The minimum absolute atomic E-state index is 0.00504. The van der Waals surface area contributed by atoms with Gasteiger partial charge < -0.3 is 20.4 Å². The number of hydrogen-bond donors (Lipinski definition) is 4. The number of hydrogen-bond acceptors (Lipinski definition) is 10. The van der Waals surface area contributed by atoms with Gasteiger partial charge in [-0.1, -0.05) is 57.0 Å². The second kappa shape index (κ2) is 8.47. The fourth-order valence-electron chi connectivity index (χ4n) is 5.08. The van der Waals surface area contributed by atoms with Gasteiger partial charge in [0.2, 0.25) is 23.5 Å². The summed E-state index contributed by atoms with van der Waals surface area (Å²) in [6, 6.07) is 11.5. The maximum Gasteiger partial charge on any atom is 0.357 e. The van der Waals surface area contributed by atoms with Crippen molar-refractivity contribution in [2.75, 3.05) is 0 Å². The Labute approximate surface area is 228 Å². The maximum atomic E-state index is 12.9. The van der Waals surface area contributed by atoms with Crippen molar-refractivity contribution < 1.29 is 45.8 Å². The van der Waals surface area contributed by atoms with E-state index in [0.29, 0.717) is 9.46 Å². The highest BCUT2D eigenvalue weighted by Gasteiger charge is 2.48. The highest BCUT2D eigenvalue weighted by atomic mass is 32.2. The van der Waals surface area contributed by atoms with Gasteiger partial charge in [0, 0.05) is 34.1 Å². The van der Waals surface area contributed by atoms with Gasteiger partial charge in [-0.3, -0.25) is 8.57 Å². The summed E-state index contributed by atoms with van der Waals surface area (Å²) in [5.74, 6) is -5.07. The minimum atomic E-state index is -4.48. The monoisotopic (exact) mass is 586 g/mol. The molecule has 2 heterocycles. The van der Waals surface area contributed by atoms with E-state index in [4.69, 9.17) is 8.57 Å². The van der Waals surface area contributed by atoms with E-state index in [0.717, 1.165) is 11.1 Å². The van der Waals surface area contributed by atoms with E-state index >= 15 is 0 Å². The summed E-state index contributed by atoms with van der Waals surface area (Å²) >= 11 is 0. The molecule has 0 unspecified atom stereocenters. The molecule has 2 aromatic carbocycles. The fraction of sp³-hybridized carbons (Fsp3) is 0.154. The zero-order valence-corrected chi connectivity index (χ0v) is 22.5. The third-order valence-electron chi connectivity index (χ3n) is 7.02. The molecule has 0 spiro atoms. The first-order chi connectivity index (χ1) is 18.8. The third-order valence-corrected chi connectivity index (χ3v) is 9.41. The van der Waals surface area contributed by atoms with Crippen LogP contribution in [0, 0.1) is 13.8 Å². The Morgan fingerprint density at radius 3 is 1.10 bits per heavy atom. The third kappa shape index (κ3) is 3.63. The number of aryl methyl sites for hydroxylation is 2. The quantitative estimate of drug-likeness (QED) is 0.246. The Balaban J connectivity index is 1.41. The minimum Gasteiger partial charge on any atom is -0.492 e. The lowest BCUT2D eigenvalue weighted by Crippen LogP contribution is -2.20. The Morgan fingerprint density at radius 1 is 0.550 bits per heavy atom. The molecular formula is C26H22N2O10S2. The second-order valence-electron chi connectivity index (χ2n) is 9.56. The molecule has 0 atom stereocenters. The summed E-state index contributed by atoms with van der Waals surface area (Å²) in [7, 11) is -8.97. The van der Waals surface area contributed by atoms with E-state index in [1.807, 2.05) is 0 Å². The summed E-state index contributed by atoms with van der Waals surface area (Å²) in [5, 5.41) is 43.9. The number of aromatic nitrogens is 2. The smallest absolute Gasteiger partial charge is 0.357 e. The van der Waals surface area contributed by atoms with Crippen LogP contribution in [-0.4, -0.2) is 46.7 Å². The van der Waals surface area contributed by atoms with Crippen molar-refractivity contribution in [2.45, 2.75) is 35.5 Å². The predicted molar refractivity (Wildman–Crippen MR) is 138 cm³/mol. The number of allylic oxidation sites excluding steroid dienone is 2.